The normalized spacial score (nSPS) is 10.1. The fourth-order valence-electron chi connectivity index (χ4n) is 1.39. The highest BCUT2D eigenvalue weighted by Crippen LogP contribution is 2.28. The maximum atomic E-state index is 12.7. The van der Waals surface area contributed by atoms with E-state index in [9.17, 15) is 9.50 Å². The molecule has 2 aromatic rings. The van der Waals surface area contributed by atoms with Crippen LogP contribution in [0.25, 0.3) is 0 Å². The Hall–Kier alpha value is -2.03. The van der Waals surface area contributed by atoms with E-state index in [1.165, 1.54) is 12.1 Å². The van der Waals surface area contributed by atoms with Gasteiger partial charge in [-0.2, -0.15) is 0 Å². The zero-order chi connectivity index (χ0) is 11.4. The van der Waals surface area contributed by atoms with Crippen LogP contribution in [-0.2, 0) is 6.67 Å². The minimum Gasteiger partial charge on any atom is -0.508 e. The third kappa shape index (κ3) is 2.31. The number of aromatic hydroxyl groups is 1. The molecule has 0 saturated carbocycles. The average Bonchev–Trinajstić information content (AvgIpc) is 2.33. The highest BCUT2D eigenvalue weighted by Gasteiger charge is 2.05. The Bertz CT molecular complexity index is 469. The van der Waals surface area contributed by atoms with Gasteiger partial charge in [0.25, 0.3) is 0 Å². The second-order valence-corrected chi connectivity index (χ2v) is 3.34. The number of alkyl halides is 1. The number of phenolic OH excluding ortho intramolecular Hbond substituents is 1. The second-order valence-electron chi connectivity index (χ2n) is 3.34. The molecule has 0 amide bonds. The topological polar surface area (TPSA) is 29.5 Å². The summed E-state index contributed by atoms with van der Waals surface area (Å²) in [6.45, 7) is -0.670. The van der Waals surface area contributed by atoms with E-state index in [0.717, 1.165) is 0 Å². The molecular formula is C13H11FO2. The Kier molecular flexibility index (Phi) is 3.05. The molecule has 2 aromatic carbocycles. The van der Waals surface area contributed by atoms with Crippen molar-refractivity contribution in [3.8, 4) is 17.2 Å². The van der Waals surface area contributed by atoms with Gasteiger partial charge in [0, 0.05) is 5.56 Å². The Labute approximate surface area is 92.9 Å². The zero-order valence-electron chi connectivity index (χ0n) is 8.56. The molecule has 0 unspecified atom stereocenters. The average molecular weight is 218 g/mol. The van der Waals surface area contributed by atoms with Gasteiger partial charge in [0.05, 0.1) is 0 Å². The predicted molar refractivity (Wildman–Crippen MR) is 59.4 cm³/mol. The van der Waals surface area contributed by atoms with Crippen LogP contribution < -0.4 is 4.74 Å². The van der Waals surface area contributed by atoms with Crippen molar-refractivity contribution in [2.45, 2.75) is 6.67 Å². The Morgan fingerprint density at radius 3 is 2.50 bits per heavy atom. The number of phenols is 1. The molecule has 0 fully saturated rings. The Balaban J connectivity index is 2.28. The third-order valence-corrected chi connectivity index (χ3v) is 2.16. The van der Waals surface area contributed by atoms with Gasteiger partial charge in [-0.3, -0.25) is 0 Å². The van der Waals surface area contributed by atoms with Gasteiger partial charge in [-0.1, -0.05) is 18.2 Å². The lowest BCUT2D eigenvalue weighted by atomic mass is 10.2. The monoisotopic (exact) mass is 218 g/mol. The number of rotatable bonds is 3. The SMILES string of the molecule is Oc1ccc(Oc2ccccc2)c(CF)c1. The summed E-state index contributed by atoms with van der Waals surface area (Å²) < 4.78 is 18.2. The highest BCUT2D eigenvalue weighted by atomic mass is 19.1. The molecule has 0 spiro atoms. The van der Waals surface area contributed by atoms with Crippen LogP contribution in [0.4, 0.5) is 4.39 Å². The van der Waals surface area contributed by atoms with Crippen molar-refractivity contribution in [2.75, 3.05) is 0 Å². The van der Waals surface area contributed by atoms with Gasteiger partial charge >= 0.3 is 0 Å². The van der Waals surface area contributed by atoms with E-state index in [1.807, 2.05) is 18.2 Å². The summed E-state index contributed by atoms with van der Waals surface area (Å²) in [7, 11) is 0. The van der Waals surface area contributed by atoms with Crippen molar-refractivity contribution in [2.24, 2.45) is 0 Å². The van der Waals surface area contributed by atoms with E-state index in [2.05, 4.69) is 0 Å². The molecule has 16 heavy (non-hydrogen) atoms. The van der Waals surface area contributed by atoms with Gasteiger partial charge in [0.2, 0.25) is 0 Å². The zero-order valence-corrected chi connectivity index (χ0v) is 8.56. The molecule has 0 atom stereocenters. The highest BCUT2D eigenvalue weighted by molar-refractivity contribution is 5.41. The number of benzene rings is 2. The molecular weight excluding hydrogens is 207 g/mol. The molecule has 0 aromatic heterocycles. The number of para-hydroxylation sites is 1. The molecule has 0 saturated heterocycles. The quantitative estimate of drug-likeness (QED) is 0.851. The molecule has 82 valence electrons. The summed E-state index contributed by atoms with van der Waals surface area (Å²) in [4.78, 5) is 0. The first-order valence-electron chi connectivity index (χ1n) is 4.90. The van der Waals surface area contributed by atoms with Crippen molar-refractivity contribution in [3.05, 3.63) is 54.1 Å². The molecule has 2 rings (SSSR count). The Morgan fingerprint density at radius 2 is 1.81 bits per heavy atom. The van der Waals surface area contributed by atoms with Gasteiger partial charge in [-0.25, -0.2) is 4.39 Å². The first-order valence-corrected chi connectivity index (χ1v) is 4.90. The summed E-state index contributed by atoms with van der Waals surface area (Å²) in [5, 5.41) is 9.21. The minimum atomic E-state index is -0.670. The number of hydrogen-bond donors (Lipinski definition) is 1. The third-order valence-electron chi connectivity index (χ3n) is 2.16. The number of halogens is 1. The van der Waals surface area contributed by atoms with Crippen molar-refractivity contribution in [1.82, 2.24) is 0 Å². The molecule has 0 aliphatic rings. The molecule has 1 N–H and O–H groups in total. The first-order chi connectivity index (χ1) is 7.79. The maximum absolute atomic E-state index is 12.7. The van der Waals surface area contributed by atoms with E-state index in [1.54, 1.807) is 18.2 Å². The van der Waals surface area contributed by atoms with E-state index in [0.29, 0.717) is 17.1 Å². The first kappa shape index (κ1) is 10.5. The van der Waals surface area contributed by atoms with E-state index >= 15 is 0 Å². The molecule has 0 radical (unpaired) electrons. The lowest BCUT2D eigenvalue weighted by Crippen LogP contribution is -1.89. The Morgan fingerprint density at radius 1 is 1.06 bits per heavy atom. The predicted octanol–water partition coefficient (Wildman–Crippen LogP) is 3.65. The van der Waals surface area contributed by atoms with Crippen LogP contribution in [0, 0.1) is 0 Å². The summed E-state index contributed by atoms with van der Waals surface area (Å²) in [5.74, 6) is 1.10. The molecule has 2 nitrogen and oxygen atoms in total. The minimum absolute atomic E-state index is 0.0352. The molecule has 0 aliphatic heterocycles. The molecule has 0 bridgehead atoms. The van der Waals surface area contributed by atoms with Crippen molar-refractivity contribution >= 4 is 0 Å². The smallest absolute Gasteiger partial charge is 0.133 e. The van der Waals surface area contributed by atoms with Gasteiger partial charge in [0.15, 0.2) is 0 Å². The maximum Gasteiger partial charge on any atom is 0.133 e. The fourth-order valence-corrected chi connectivity index (χ4v) is 1.39. The van der Waals surface area contributed by atoms with Crippen LogP contribution in [0.1, 0.15) is 5.56 Å². The van der Waals surface area contributed by atoms with Crippen LogP contribution >= 0.6 is 0 Å². The summed E-state index contributed by atoms with van der Waals surface area (Å²) in [6.07, 6.45) is 0. The summed E-state index contributed by atoms with van der Waals surface area (Å²) in [6, 6.07) is 13.5. The van der Waals surface area contributed by atoms with Gasteiger partial charge in [0.1, 0.15) is 23.9 Å². The van der Waals surface area contributed by atoms with Crippen molar-refractivity contribution in [1.29, 1.82) is 0 Å². The fraction of sp³-hybridized carbons (Fsp3) is 0.0769. The number of hydrogen-bond acceptors (Lipinski definition) is 2. The number of ether oxygens (including phenoxy) is 1. The van der Waals surface area contributed by atoms with Crippen LogP contribution in [0.3, 0.4) is 0 Å². The van der Waals surface area contributed by atoms with Crippen LogP contribution in [0.5, 0.6) is 17.2 Å². The molecule has 0 aliphatic carbocycles. The summed E-state index contributed by atoms with van der Waals surface area (Å²) >= 11 is 0. The molecule has 0 heterocycles. The van der Waals surface area contributed by atoms with Crippen LogP contribution in [0.15, 0.2) is 48.5 Å². The van der Waals surface area contributed by atoms with Gasteiger partial charge in [-0.05, 0) is 30.3 Å². The standard InChI is InChI=1S/C13H11FO2/c14-9-10-8-11(15)6-7-13(10)16-12-4-2-1-3-5-12/h1-8,15H,9H2. The van der Waals surface area contributed by atoms with E-state index < -0.39 is 6.67 Å². The van der Waals surface area contributed by atoms with Crippen molar-refractivity contribution in [3.63, 3.8) is 0 Å². The van der Waals surface area contributed by atoms with Crippen LogP contribution in [0.2, 0.25) is 0 Å². The lowest BCUT2D eigenvalue weighted by molar-refractivity contribution is 0.430. The van der Waals surface area contributed by atoms with Gasteiger partial charge < -0.3 is 9.84 Å². The van der Waals surface area contributed by atoms with E-state index in [4.69, 9.17) is 4.74 Å². The van der Waals surface area contributed by atoms with Crippen molar-refractivity contribution < 1.29 is 14.2 Å². The largest absolute Gasteiger partial charge is 0.508 e. The lowest BCUT2D eigenvalue weighted by Gasteiger charge is -2.09. The van der Waals surface area contributed by atoms with Crippen LogP contribution in [-0.4, -0.2) is 5.11 Å². The van der Waals surface area contributed by atoms with E-state index in [-0.39, 0.29) is 5.75 Å². The molecule has 3 heteroatoms. The second kappa shape index (κ2) is 4.66. The van der Waals surface area contributed by atoms with Gasteiger partial charge in [-0.15, -0.1) is 0 Å². The summed E-state index contributed by atoms with van der Waals surface area (Å²) in [5.41, 5.74) is 0.337.